The van der Waals surface area contributed by atoms with Gasteiger partial charge in [-0.05, 0) is 32.3 Å². The number of aliphatic carboxylic acids is 1. The quantitative estimate of drug-likeness (QED) is 0.829. The molecule has 4 nitrogen and oxygen atoms in total. The normalized spacial score (nSPS) is 13.3. The molecule has 17 heavy (non-hydrogen) atoms. The fraction of sp³-hybridized carbons (Fsp3) is 0.692. The van der Waals surface area contributed by atoms with Gasteiger partial charge in [-0.15, -0.1) is 0 Å². The van der Waals surface area contributed by atoms with Crippen LogP contribution in [0.1, 0.15) is 45.9 Å². The van der Waals surface area contributed by atoms with Crippen molar-refractivity contribution in [3.05, 3.63) is 18.0 Å². The molecule has 96 valence electrons. The minimum absolute atomic E-state index is 0.317. The van der Waals surface area contributed by atoms with E-state index in [-0.39, 0.29) is 5.92 Å². The van der Waals surface area contributed by atoms with Crippen molar-refractivity contribution in [2.45, 2.75) is 46.6 Å². The molecule has 1 atom stereocenters. The maximum atomic E-state index is 11.1. The van der Waals surface area contributed by atoms with Gasteiger partial charge >= 0.3 is 5.97 Å². The monoisotopic (exact) mass is 238 g/mol. The van der Waals surface area contributed by atoms with Crippen molar-refractivity contribution >= 4 is 5.97 Å². The molecule has 1 rings (SSSR count). The van der Waals surface area contributed by atoms with E-state index in [0.29, 0.717) is 24.8 Å². The summed E-state index contributed by atoms with van der Waals surface area (Å²) in [7, 11) is 0. The fourth-order valence-electron chi connectivity index (χ4n) is 1.87. The lowest BCUT2D eigenvalue weighted by Crippen LogP contribution is -2.19. The predicted octanol–water partition coefficient (Wildman–Crippen LogP) is 2.75. The van der Waals surface area contributed by atoms with E-state index >= 15 is 0 Å². The van der Waals surface area contributed by atoms with Crippen LogP contribution in [0.25, 0.3) is 0 Å². The van der Waals surface area contributed by atoms with Gasteiger partial charge in [-0.3, -0.25) is 9.48 Å². The summed E-state index contributed by atoms with van der Waals surface area (Å²) in [4.78, 5) is 11.1. The van der Waals surface area contributed by atoms with E-state index in [1.165, 1.54) is 0 Å². The van der Waals surface area contributed by atoms with Crippen LogP contribution in [0.5, 0.6) is 0 Å². The maximum Gasteiger partial charge on any atom is 0.306 e. The predicted molar refractivity (Wildman–Crippen MR) is 66.9 cm³/mol. The van der Waals surface area contributed by atoms with Crippen molar-refractivity contribution < 1.29 is 9.90 Å². The van der Waals surface area contributed by atoms with E-state index in [0.717, 1.165) is 5.69 Å². The topological polar surface area (TPSA) is 55.1 Å². The van der Waals surface area contributed by atoms with Crippen molar-refractivity contribution in [2.75, 3.05) is 0 Å². The van der Waals surface area contributed by atoms with E-state index in [4.69, 9.17) is 5.11 Å². The highest BCUT2D eigenvalue weighted by Crippen LogP contribution is 2.17. The number of rotatable bonds is 6. The van der Waals surface area contributed by atoms with Gasteiger partial charge in [0.25, 0.3) is 0 Å². The van der Waals surface area contributed by atoms with E-state index in [2.05, 4.69) is 18.9 Å². The lowest BCUT2D eigenvalue weighted by atomic mass is 9.93. The fourth-order valence-corrected chi connectivity index (χ4v) is 1.87. The highest BCUT2D eigenvalue weighted by Gasteiger charge is 2.20. The third kappa shape index (κ3) is 4.21. The molecule has 0 aliphatic heterocycles. The molecule has 4 heteroatoms. The number of carboxylic acids is 1. The zero-order valence-corrected chi connectivity index (χ0v) is 11.1. The van der Waals surface area contributed by atoms with Crippen LogP contribution >= 0.6 is 0 Å². The molecule has 1 aromatic heterocycles. The first-order chi connectivity index (χ1) is 7.90. The molecule has 0 saturated carbocycles. The number of carbonyl (C=O) groups is 1. The molecular formula is C13H22N2O2. The third-order valence-corrected chi connectivity index (χ3v) is 2.75. The Hall–Kier alpha value is -1.32. The molecule has 1 N–H and O–H groups in total. The van der Waals surface area contributed by atoms with E-state index in [1.807, 2.05) is 30.8 Å². The van der Waals surface area contributed by atoms with Gasteiger partial charge < -0.3 is 5.11 Å². The first kappa shape index (κ1) is 13.7. The molecule has 0 fully saturated rings. The third-order valence-electron chi connectivity index (χ3n) is 2.75. The van der Waals surface area contributed by atoms with Crippen molar-refractivity contribution in [3.63, 3.8) is 0 Å². The second-order valence-electron chi connectivity index (χ2n) is 5.25. The summed E-state index contributed by atoms with van der Waals surface area (Å²) in [5, 5.41) is 13.6. The van der Waals surface area contributed by atoms with Crippen LogP contribution in [-0.2, 0) is 11.2 Å². The summed E-state index contributed by atoms with van der Waals surface area (Å²) in [6.07, 6.45) is 3.13. The molecule has 0 bridgehead atoms. The molecule has 0 aliphatic rings. The first-order valence-electron chi connectivity index (χ1n) is 6.17. The summed E-state index contributed by atoms with van der Waals surface area (Å²) in [6, 6.07) is 2.23. The molecule has 0 aliphatic carbocycles. The van der Waals surface area contributed by atoms with Gasteiger partial charge in [0.15, 0.2) is 0 Å². The Morgan fingerprint density at radius 1 is 1.41 bits per heavy atom. The van der Waals surface area contributed by atoms with Crippen LogP contribution < -0.4 is 0 Å². The Balaban J connectivity index is 2.68. The molecule has 0 spiro atoms. The lowest BCUT2D eigenvalue weighted by molar-refractivity contribution is -0.142. The Kier molecular flexibility index (Phi) is 4.73. The number of hydrogen-bond acceptors (Lipinski definition) is 2. The number of aromatic nitrogens is 2. The van der Waals surface area contributed by atoms with E-state index in [1.54, 1.807) is 0 Å². The van der Waals surface area contributed by atoms with Gasteiger partial charge in [-0.2, -0.15) is 5.10 Å². The standard InChI is InChI=1S/C13H22N2O2/c1-9(2)7-11(13(16)17)8-12-5-6-15(14-12)10(3)4/h5-6,9-11H,7-8H2,1-4H3,(H,16,17)/t11-/m1/s1. The molecular weight excluding hydrogens is 216 g/mol. The van der Waals surface area contributed by atoms with Crippen molar-refractivity contribution in [2.24, 2.45) is 11.8 Å². The van der Waals surface area contributed by atoms with Crippen LogP contribution in [0, 0.1) is 11.8 Å². The largest absolute Gasteiger partial charge is 0.481 e. The van der Waals surface area contributed by atoms with Crippen LogP contribution in [0.15, 0.2) is 12.3 Å². The zero-order valence-electron chi connectivity index (χ0n) is 11.1. The summed E-state index contributed by atoms with van der Waals surface area (Å²) in [5.41, 5.74) is 0.867. The van der Waals surface area contributed by atoms with Crippen molar-refractivity contribution in [3.8, 4) is 0 Å². The Morgan fingerprint density at radius 3 is 2.47 bits per heavy atom. The van der Waals surface area contributed by atoms with Crippen LogP contribution in [0.4, 0.5) is 0 Å². The van der Waals surface area contributed by atoms with E-state index < -0.39 is 5.97 Å². The molecule has 0 unspecified atom stereocenters. The van der Waals surface area contributed by atoms with Gasteiger partial charge in [0.1, 0.15) is 0 Å². The smallest absolute Gasteiger partial charge is 0.306 e. The highest BCUT2D eigenvalue weighted by molar-refractivity contribution is 5.70. The Labute approximate surface area is 103 Å². The Bertz CT molecular complexity index is 369. The number of hydrogen-bond donors (Lipinski definition) is 1. The summed E-state index contributed by atoms with van der Waals surface area (Å²) in [5.74, 6) is -0.661. The SMILES string of the molecule is CC(C)C[C@H](Cc1ccn(C(C)C)n1)C(=O)O. The summed E-state index contributed by atoms with van der Waals surface area (Å²) < 4.78 is 1.86. The molecule has 1 heterocycles. The lowest BCUT2D eigenvalue weighted by Gasteiger charge is -2.13. The Morgan fingerprint density at radius 2 is 2.06 bits per heavy atom. The minimum atomic E-state index is -0.724. The van der Waals surface area contributed by atoms with Crippen LogP contribution in [-0.4, -0.2) is 20.9 Å². The van der Waals surface area contributed by atoms with Crippen LogP contribution in [0.2, 0.25) is 0 Å². The minimum Gasteiger partial charge on any atom is -0.481 e. The maximum absolute atomic E-state index is 11.1. The number of nitrogens with zero attached hydrogens (tertiary/aromatic N) is 2. The average Bonchev–Trinajstić information content (AvgIpc) is 2.64. The molecule has 0 saturated heterocycles. The van der Waals surface area contributed by atoms with Gasteiger partial charge in [0.05, 0.1) is 11.6 Å². The second kappa shape index (κ2) is 5.84. The molecule has 0 aromatic carbocycles. The molecule has 0 radical (unpaired) electrons. The summed E-state index contributed by atoms with van der Waals surface area (Å²) in [6.45, 7) is 8.20. The number of carboxylic acid groups (broad SMARTS) is 1. The first-order valence-corrected chi connectivity index (χ1v) is 6.17. The second-order valence-corrected chi connectivity index (χ2v) is 5.25. The molecule has 0 amide bonds. The van der Waals surface area contributed by atoms with Crippen molar-refractivity contribution in [1.82, 2.24) is 9.78 Å². The molecule has 1 aromatic rings. The average molecular weight is 238 g/mol. The summed E-state index contributed by atoms with van der Waals surface area (Å²) >= 11 is 0. The van der Waals surface area contributed by atoms with Gasteiger partial charge in [0.2, 0.25) is 0 Å². The highest BCUT2D eigenvalue weighted by atomic mass is 16.4. The van der Waals surface area contributed by atoms with Gasteiger partial charge in [-0.25, -0.2) is 0 Å². The zero-order chi connectivity index (χ0) is 13.0. The van der Waals surface area contributed by atoms with Gasteiger partial charge in [0, 0.05) is 18.7 Å². The van der Waals surface area contributed by atoms with Gasteiger partial charge in [-0.1, -0.05) is 13.8 Å². The van der Waals surface area contributed by atoms with Crippen LogP contribution in [0.3, 0.4) is 0 Å². The van der Waals surface area contributed by atoms with Crippen molar-refractivity contribution in [1.29, 1.82) is 0 Å². The van der Waals surface area contributed by atoms with E-state index in [9.17, 15) is 4.79 Å².